The number of rotatable bonds is 4. The number of ether oxygens (including phenoxy) is 1. The zero-order chi connectivity index (χ0) is 15.0. The van der Waals surface area contributed by atoms with E-state index in [4.69, 9.17) is 4.74 Å². The molecule has 2 aliphatic rings. The van der Waals surface area contributed by atoms with Crippen LogP contribution in [0.15, 0.2) is 24.3 Å². The molecular weight excluding hydrogens is 269 g/mol. The van der Waals surface area contributed by atoms with Gasteiger partial charge in [0.1, 0.15) is 5.82 Å². The zero-order valence-corrected chi connectivity index (χ0v) is 12.0. The van der Waals surface area contributed by atoms with Crippen molar-refractivity contribution >= 4 is 5.97 Å². The van der Waals surface area contributed by atoms with Crippen molar-refractivity contribution in [3.63, 3.8) is 0 Å². The molecule has 4 heteroatoms. The number of benzene rings is 1. The fraction of sp³-hybridized carbons (Fsp3) is 0.529. The number of hydrogen-bond donors (Lipinski definition) is 0. The van der Waals surface area contributed by atoms with Crippen molar-refractivity contribution in [3.8, 4) is 6.07 Å². The topological polar surface area (TPSA) is 50.1 Å². The Hall–Kier alpha value is -1.89. The summed E-state index contributed by atoms with van der Waals surface area (Å²) in [4.78, 5) is 11.8. The zero-order valence-electron chi connectivity index (χ0n) is 12.0. The largest absolute Gasteiger partial charge is 0.466 e. The molecule has 0 radical (unpaired) electrons. The highest BCUT2D eigenvalue weighted by Gasteiger charge is 2.65. The lowest BCUT2D eigenvalue weighted by atomic mass is 9.85. The van der Waals surface area contributed by atoms with E-state index >= 15 is 0 Å². The Balaban J connectivity index is 1.65. The Morgan fingerprint density at radius 2 is 2.14 bits per heavy atom. The van der Waals surface area contributed by atoms with Gasteiger partial charge in [-0.2, -0.15) is 5.26 Å². The molecule has 2 aliphatic carbocycles. The summed E-state index contributed by atoms with van der Waals surface area (Å²) in [6.45, 7) is 2.19. The monoisotopic (exact) mass is 287 g/mol. The van der Waals surface area contributed by atoms with Gasteiger partial charge in [-0.3, -0.25) is 4.79 Å². The van der Waals surface area contributed by atoms with Gasteiger partial charge in [0, 0.05) is 0 Å². The predicted octanol–water partition coefficient (Wildman–Crippen LogP) is 2.95. The molecule has 0 aliphatic heterocycles. The van der Waals surface area contributed by atoms with E-state index in [2.05, 4.69) is 6.07 Å². The molecule has 0 aromatic heterocycles. The van der Waals surface area contributed by atoms with Gasteiger partial charge in [-0.05, 0) is 55.2 Å². The average molecular weight is 287 g/mol. The smallest absolute Gasteiger partial charge is 0.309 e. The number of nitrogens with zero attached hydrogens (tertiary/aromatic N) is 1. The first-order valence-corrected chi connectivity index (χ1v) is 7.46. The second-order valence-electron chi connectivity index (χ2n) is 6.00. The fourth-order valence-electron chi connectivity index (χ4n) is 3.90. The number of halogens is 1. The van der Waals surface area contributed by atoms with Crippen molar-refractivity contribution in [2.75, 3.05) is 6.61 Å². The summed E-state index contributed by atoms with van der Waals surface area (Å²) in [5, 5.41) is 9.42. The minimum Gasteiger partial charge on any atom is -0.466 e. The minimum absolute atomic E-state index is 0.0703. The van der Waals surface area contributed by atoms with Gasteiger partial charge in [0.05, 0.1) is 24.5 Å². The quantitative estimate of drug-likeness (QED) is 0.800. The molecule has 2 saturated carbocycles. The summed E-state index contributed by atoms with van der Waals surface area (Å²) >= 11 is 0. The molecule has 0 N–H and O–H groups in total. The highest BCUT2D eigenvalue weighted by molar-refractivity contribution is 5.77. The molecule has 2 fully saturated rings. The highest BCUT2D eigenvalue weighted by Crippen LogP contribution is 2.63. The third-order valence-corrected chi connectivity index (χ3v) is 4.85. The first-order chi connectivity index (χ1) is 10.2. The van der Waals surface area contributed by atoms with E-state index in [1.165, 1.54) is 12.1 Å². The van der Waals surface area contributed by atoms with Crippen LogP contribution < -0.4 is 0 Å². The number of esters is 1. The SMILES string of the molecule is CCOC(=O)C1C2CC(Cc3ccc(F)cc3)C(C#N)C21. The Labute approximate surface area is 123 Å². The molecule has 5 atom stereocenters. The van der Waals surface area contributed by atoms with Crippen LogP contribution in [0.25, 0.3) is 0 Å². The maximum absolute atomic E-state index is 12.9. The van der Waals surface area contributed by atoms with Gasteiger partial charge >= 0.3 is 5.97 Å². The Morgan fingerprint density at radius 1 is 1.43 bits per heavy atom. The number of carbonyl (C=O) groups is 1. The molecule has 110 valence electrons. The molecule has 0 amide bonds. The van der Waals surface area contributed by atoms with Crippen molar-refractivity contribution < 1.29 is 13.9 Å². The van der Waals surface area contributed by atoms with Gasteiger partial charge in [0.15, 0.2) is 0 Å². The second kappa shape index (κ2) is 5.48. The van der Waals surface area contributed by atoms with Gasteiger partial charge in [-0.15, -0.1) is 0 Å². The molecule has 0 bridgehead atoms. The summed E-state index contributed by atoms with van der Waals surface area (Å²) in [5.41, 5.74) is 1.05. The van der Waals surface area contributed by atoms with Crippen molar-refractivity contribution in [1.29, 1.82) is 5.26 Å². The second-order valence-corrected chi connectivity index (χ2v) is 6.00. The molecule has 5 unspecified atom stereocenters. The van der Waals surface area contributed by atoms with Gasteiger partial charge in [-0.25, -0.2) is 4.39 Å². The van der Waals surface area contributed by atoms with E-state index in [-0.39, 0.29) is 35.5 Å². The number of nitriles is 1. The molecule has 3 nitrogen and oxygen atoms in total. The van der Waals surface area contributed by atoms with E-state index in [1.54, 1.807) is 19.1 Å². The van der Waals surface area contributed by atoms with Crippen molar-refractivity contribution in [2.45, 2.75) is 19.8 Å². The van der Waals surface area contributed by atoms with E-state index in [0.717, 1.165) is 18.4 Å². The van der Waals surface area contributed by atoms with Crippen LogP contribution in [0.3, 0.4) is 0 Å². The van der Waals surface area contributed by atoms with Crippen LogP contribution in [0.1, 0.15) is 18.9 Å². The first kappa shape index (κ1) is 14.1. The van der Waals surface area contributed by atoms with Crippen LogP contribution in [-0.4, -0.2) is 12.6 Å². The van der Waals surface area contributed by atoms with E-state index in [9.17, 15) is 14.4 Å². The van der Waals surface area contributed by atoms with Crippen LogP contribution in [0.2, 0.25) is 0 Å². The molecule has 0 spiro atoms. The molecule has 21 heavy (non-hydrogen) atoms. The summed E-state index contributed by atoms with van der Waals surface area (Å²) in [6, 6.07) is 8.84. The molecule has 1 aromatic rings. The predicted molar refractivity (Wildman–Crippen MR) is 74.4 cm³/mol. The minimum atomic E-state index is -0.243. The normalized spacial score (nSPS) is 33.1. The van der Waals surface area contributed by atoms with Crippen molar-refractivity contribution in [3.05, 3.63) is 35.6 Å². The highest BCUT2D eigenvalue weighted by atomic mass is 19.1. The summed E-state index contributed by atoms with van der Waals surface area (Å²) in [6.07, 6.45) is 1.67. The van der Waals surface area contributed by atoms with Crippen LogP contribution in [-0.2, 0) is 16.0 Å². The maximum atomic E-state index is 12.9. The standard InChI is InChI=1S/C17H18FNO2/c1-2-21-17(20)16-13-8-11(14(9-19)15(13)16)7-10-3-5-12(18)6-4-10/h3-6,11,13-16H,2,7-8H2,1H3. The van der Waals surface area contributed by atoms with Crippen LogP contribution >= 0.6 is 0 Å². The van der Waals surface area contributed by atoms with Gasteiger partial charge < -0.3 is 4.74 Å². The van der Waals surface area contributed by atoms with E-state index < -0.39 is 0 Å². The molecule has 1 aromatic carbocycles. The van der Waals surface area contributed by atoms with Gasteiger partial charge in [0.25, 0.3) is 0 Å². The van der Waals surface area contributed by atoms with Crippen molar-refractivity contribution in [2.24, 2.45) is 29.6 Å². The third kappa shape index (κ3) is 2.53. The fourth-order valence-corrected chi connectivity index (χ4v) is 3.90. The van der Waals surface area contributed by atoms with Crippen LogP contribution in [0, 0.1) is 46.7 Å². The summed E-state index contributed by atoms with van der Waals surface area (Å²) in [7, 11) is 0. The van der Waals surface area contributed by atoms with Crippen LogP contribution in [0.4, 0.5) is 4.39 Å². The van der Waals surface area contributed by atoms with Gasteiger partial charge in [-0.1, -0.05) is 12.1 Å². The van der Waals surface area contributed by atoms with Gasteiger partial charge in [0.2, 0.25) is 0 Å². The molecule has 0 saturated heterocycles. The van der Waals surface area contributed by atoms with E-state index in [0.29, 0.717) is 12.5 Å². The maximum Gasteiger partial charge on any atom is 0.309 e. The Kier molecular flexibility index (Phi) is 3.67. The number of carbonyl (C=O) groups excluding carboxylic acids is 1. The molecule has 3 rings (SSSR count). The number of hydrogen-bond acceptors (Lipinski definition) is 3. The molecule has 0 heterocycles. The first-order valence-electron chi connectivity index (χ1n) is 7.46. The lowest BCUT2D eigenvalue weighted by molar-refractivity contribution is -0.145. The molecular formula is C17H18FNO2. The Morgan fingerprint density at radius 3 is 2.76 bits per heavy atom. The number of fused-ring (bicyclic) bond motifs is 1. The Bertz CT molecular complexity index is 577. The van der Waals surface area contributed by atoms with Crippen LogP contribution in [0.5, 0.6) is 0 Å². The lowest BCUT2D eigenvalue weighted by Gasteiger charge is -2.18. The lowest BCUT2D eigenvalue weighted by Crippen LogP contribution is -2.20. The third-order valence-electron chi connectivity index (χ3n) is 4.85. The van der Waals surface area contributed by atoms with E-state index in [1.807, 2.05) is 0 Å². The summed E-state index contributed by atoms with van der Waals surface area (Å²) in [5.74, 6) is 0.188. The van der Waals surface area contributed by atoms with Crippen molar-refractivity contribution in [1.82, 2.24) is 0 Å². The summed E-state index contributed by atoms with van der Waals surface area (Å²) < 4.78 is 18.0. The average Bonchev–Trinajstić information content (AvgIpc) is 3.05.